The summed E-state index contributed by atoms with van der Waals surface area (Å²) in [6.07, 6.45) is 1.65. The Morgan fingerprint density at radius 3 is 2.42 bits per heavy atom. The summed E-state index contributed by atoms with van der Waals surface area (Å²) >= 11 is 0. The quantitative estimate of drug-likeness (QED) is 0.393. The number of oxime groups is 1. The number of carbonyl (C=O) groups is 2. The molecule has 1 aliphatic carbocycles. The van der Waals surface area contributed by atoms with E-state index in [1.54, 1.807) is 37.3 Å². The maximum atomic E-state index is 14.3. The van der Waals surface area contributed by atoms with Crippen LogP contribution in [0.25, 0.3) is 0 Å². The van der Waals surface area contributed by atoms with Crippen molar-refractivity contribution in [3.8, 4) is 0 Å². The van der Waals surface area contributed by atoms with Gasteiger partial charge in [0.05, 0.1) is 11.4 Å². The van der Waals surface area contributed by atoms with Crippen LogP contribution in [0.1, 0.15) is 27.0 Å². The van der Waals surface area contributed by atoms with Gasteiger partial charge in [-0.2, -0.15) is 0 Å². The molecule has 7 heteroatoms. The highest BCUT2D eigenvalue weighted by molar-refractivity contribution is 6.26. The molecule has 0 fully saturated rings. The largest absolute Gasteiger partial charge is 0.410 e. The van der Waals surface area contributed by atoms with Crippen LogP contribution in [-0.2, 0) is 11.2 Å². The highest BCUT2D eigenvalue weighted by atomic mass is 19.1. The van der Waals surface area contributed by atoms with Gasteiger partial charge in [-0.1, -0.05) is 65.8 Å². The Bertz CT molecular complexity index is 1270. The van der Waals surface area contributed by atoms with Crippen LogP contribution in [0.4, 0.5) is 10.1 Å². The van der Waals surface area contributed by atoms with E-state index in [0.29, 0.717) is 11.1 Å². The Balaban J connectivity index is 1.64. The zero-order valence-corrected chi connectivity index (χ0v) is 17.9. The summed E-state index contributed by atoms with van der Waals surface area (Å²) in [5, 5.41) is 18.4. The predicted molar refractivity (Wildman–Crippen MR) is 124 cm³/mol. The number of halogens is 1. The van der Waals surface area contributed by atoms with Crippen molar-refractivity contribution < 1.29 is 19.2 Å². The fraction of sp³-hybridized carbons (Fsp3) is 0.115. The first-order valence-electron chi connectivity index (χ1n) is 10.4. The molecule has 0 saturated carbocycles. The van der Waals surface area contributed by atoms with Crippen molar-refractivity contribution in [3.63, 3.8) is 0 Å². The number of nitrogens with one attached hydrogen (secondary N) is 2. The zero-order chi connectivity index (χ0) is 23.4. The van der Waals surface area contributed by atoms with Gasteiger partial charge in [0.1, 0.15) is 17.6 Å². The predicted octanol–water partition coefficient (Wildman–Crippen LogP) is 4.23. The number of carbonyl (C=O) groups excluding carboxylic acids is 2. The topological polar surface area (TPSA) is 90.8 Å². The minimum Gasteiger partial charge on any atom is -0.410 e. The number of nitrogens with zero attached hydrogens (tertiary/aromatic N) is 1. The molecule has 33 heavy (non-hydrogen) atoms. The fourth-order valence-corrected chi connectivity index (χ4v) is 3.71. The van der Waals surface area contributed by atoms with E-state index in [9.17, 15) is 19.2 Å². The van der Waals surface area contributed by atoms with Crippen molar-refractivity contribution in [3.05, 3.63) is 113 Å². The van der Waals surface area contributed by atoms with Crippen molar-refractivity contribution >= 4 is 23.1 Å². The van der Waals surface area contributed by atoms with Gasteiger partial charge in [-0.25, -0.2) is 4.39 Å². The Morgan fingerprint density at radius 2 is 1.73 bits per heavy atom. The molecule has 0 saturated heterocycles. The van der Waals surface area contributed by atoms with E-state index in [-0.39, 0.29) is 29.3 Å². The molecule has 0 heterocycles. The third-order valence-corrected chi connectivity index (χ3v) is 5.39. The van der Waals surface area contributed by atoms with Crippen molar-refractivity contribution in [1.82, 2.24) is 5.32 Å². The summed E-state index contributed by atoms with van der Waals surface area (Å²) in [5.74, 6) is -1.37. The number of aryl methyl sites for hydroxylation is 1. The Morgan fingerprint density at radius 1 is 1.03 bits per heavy atom. The molecule has 0 bridgehead atoms. The molecule has 1 amide bonds. The van der Waals surface area contributed by atoms with Gasteiger partial charge in [-0.15, -0.1) is 0 Å². The van der Waals surface area contributed by atoms with Crippen LogP contribution in [-0.4, -0.2) is 28.7 Å². The van der Waals surface area contributed by atoms with Crippen molar-refractivity contribution in [2.45, 2.75) is 19.4 Å². The fourth-order valence-electron chi connectivity index (χ4n) is 3.71. The molecule has 0 radical (unpaired) electrons. The monoisotopic (exact) mass is 443 g/mol. The maximum absolute atomic E-state index is 14.3. The molecule has 3 N–H and O–H groups in total. The first-order chi connectivity index (χ1) is 16.0. The molecule has 1 atom stereocenters. The molecule has 3 aromatic carbocycles. The average Bonchev–Trinajstić information content (AvgIpc) is 2.82. The van der Waals surface area contributed by atoms with Gasteiger partial charge < -0.3 is 15.8 Å². The number of allylic oxidation sites excluding steroid dienone is 2. The standard InChI is InChI=1S/C26H22FN3O3/c1-16-11-12-21(20(27)13-16)29-26(32)24(14-17-7-3-2-4-8-17)28-23-15-22(30-33)18-9-5-6-10-19(18)25(23)31/h2-13,15,24,28,33H,14H2,1H3,(H,29,32). The lowest BCUT2D eigenvalue weighted by atomic mass is 9.91. The Hall–Kier alpha value is -4.26. The zero-order valence-electron chi connectivity index (χ0n) is 17.9. The van der Waals surface area contributed by atoms with Gasteiger partial charge in [0.15, 0.2) is 0 Å². The number of benzene rings is 3. The number of fused-ring (bicyclic) bond motifs is 1. The molecule has 4 rings (SSSR count). The molecule has 3 aromatic rings. The van der Waals surface area contributed by atoms with Crippen molar-refractivity contribution in [2.24, 2.45) is 5.16 Å². The number of rotatable bonds is 6. The number of Topliss-reactive ketones (excluding diaryl/α,β-unsaturated/α-hetero) is 1. The van der Waals surface area contributed by atoms with E-state index in [1.807, 2.05) is 30.3 Å². The van der Waals surface area contributed by atoms with Gasteiger partial charge in [-0.3, -0.25) is 9.59 Å². The molecule has 0 aromatic heterocycles. The van der Waals surface area contributed by atoms with Crippen molar-refractivity contribution in [1.29, 1.82) is 0 Å². The average molecular weight is 443 g/mol. The molecule has 1 unspecified atom stereocenters. The summed E-state index contributed by atoms with van der Waals surface area (Å²) in [4.78, 5) is 26.3. The number of amides is 1. The highest BCUT2D eigenvalue weighted by Crippen LogP contribution is 2.22. The van der Waals surface area contributed by atoms with Crippen molar-refractivity contribution in [2.75, 3.05) is 5.32 Å². The molecular weight excluding hydrogens is 421 g/mol. The minimum atomic E-state index is -0.895. The first-order valence-corrected chi connectivity index (χ1v) is 10.4. The lowest BCUT2D eigenvalue weighted by Crippen LogP contribution is -2.44. The smallest absolute Gasteiger partial charge is 0.247 e. The second-order valence-electron chi connectivity index (χ2n) is 7.78. The first kappa shape index (κ1) is 22.0. The second kappa shape index (κ2) is 9.48. The maximum Gasteiger partial charge on any atom is 0.247 e. The van der Waals surface area contributed by atoms with Crippen LogP contribution in [0.5, 0.6) is 0 Å². The number of hydrogen-bond acceptors (Lipinski definition) is 5. The molecule has 1 aliphatic rings. The Labute approximate surface area is 190 Å². The lowest BCUT2D eigenvalue weighted by molar-refractivity contribution is -0.118. The van der Waals surface area contributed by atoms with Gasteiger partial charge >= 0.3 is 0 Å². The SMILES string of the molecule is Cc1ccc(NC(=O)C(Cc2ccccc2)NC2=CC(=NO)c3ccccc3C2=O)c(F)c1. The molecule has 6 nitrogen and oxygen atoms in total. The number of ketones is 1. The van der Waals surface area contributed by atoms with Crippen LogP contribution in [0.15, 0.2) is 89.7 Å². The summed E-state index contributed by atoms with van der Waals surface area (Å²) in [7, 11) is 0. The third kappa shape index (κ3) is 4.82. The van der Waals surface area contributed by atoms with Gasteiger partial charge in [0.2, 0.25) is 11.7 Å². The minimum absolute atomic E-state index is 0.0531. The van der Waals surface area contributed by atoms with E-state index < -0.39 is 17.8 Å². The molecular formula is C26H22FN3O3. The normalized spacial score (nSPS) is 14.9. The van der Waals surface area contributed by atoms with Gasteiger partial charge in [0.25, 0.3) is 0 Å². The second-order valence-corrected chi connectivity index (χ2v) is 7.78. The summed E-state index contributed by atoms with van der Waals surface area (Å²) < 4.78 is 14.3. The van der Waals surface area contributed by atoms with E-state index in [0.717, 1.165) is 11.1 Å². The van der Waals surface area contributed by atoms with Gasteiger partial charge in [-0.05, 0) is 36.3 Å². The number of hydrogen-bond donors (Lipinski definition) is 3. The van der Waals surface area contributed by atoms with Crippen LogP contribution in [0.3, 0.4) is 0 Å². The summed E-state index contributed by atoms with van der Waals surface area (Å²) in [6, 6.07) is 19.7. The Kier molecular flexibility index (Phi) is 6.31. The van der Waals surface area contributed by atoms with E-state index >= 15 is 0 Å². The lowest BCUT2D eigenvalue weighted by Gasteiger charge is -2.24. The van der Waals surface area contributed by atoms with Crippen LogP contribution < -0.4 is 10.6 Å². The van der Waals surface area contributed by atoms with E-state index in [2.05, 4.69) is 15.8 Å². The third-order valence-electron chi connectivity index (χ3n) is 5.39. The summed E-state index contributed by atoms with van der Waals surface area (Å²) in [6.45, 7) is 1.76. The summed E-state index contributed by atoms with van der Waals surface area (Å²) in [5.41, 5.74) is 2.82. The van der Waals surface area contributed by atoms with E-state index in [4.69, 9.17) is 0 Å². The van der Waals surface area contributed by atoms with Crippen LogP contribution in [0, 0.1) is 12.7 Å². The highest BCUT2D eigenvalue weighted by Gasteiger charge is 2.28. The van der Waals surface area contributed by atoms with Crippen LogP contribution >= 0.6 is 0 Å². The number of anilines is 1. The van der Waals surface area contributed by atoms with Crippen LogP contribution in [0.2, 0.25) is 0 Å². The van der Waals surface area contributed by atoms with E-state index in [1.165, 1.54) is 18.2 Å². The molecule has 0 aliphatic heterocycles. The van der Waals surface area contributed by atoms with Gasteiger partial charge in [0, 0.05) is 17.5 Å². The molecule has 0 spiro atoms. The molecule has 166 valence electrons.